The number of aromatic nitrogens is 1. The summed E-state index contributed by atoms with van der Waals surface area (Å²) in [6.45, 7) is 8.05. The number of hydrogen-bond donors (Lipinski definition) is 1. The zero-order valence-electron chi connectivity index (χ0n) is 9.79. The molecule has 3 nitrogen and oxygen atoms in total. The predicted molar refractivity (Wildman–Crippen MR) is 61.7 cm³/mol. The van der Waals surface area contributed by atoms with E-state index in [0.29, 0.717) is 12.2 Å². The normalized spacial score (nSPS) is 11.2. The van der Waals surface area contributed by atoms with Gasteiger partial charge in [-0.2, -0.15) is 0 Å². The summed E-state index contributed by atoms with van der Waals surface area (Å²) in [6.07, 6.45) is 2.18. The van der Waals surface area contributed by atoms with Crippen molar-refractivity contribution >= 4 is 11.7 Å². The lowest BCUT2D eigenvalue weighted by Crippen LogP contribution is -2.20. The van der Waals surface area contributed by atoms with Gasteiger partial charge in [0.1, 0.15) is 5.82 Å². The van der Waals surface area contributed by atoms with Crippen molar-refractivity contribution in [2.75, 3.05) is 5.32 Å². The number of anilines is 1. The van der Waals surface area contributed by atoms with Gasteiger partial charge in [-0.05, 0) is 24.0 Å². The summed E-state index contributed by atoms with van der Waals surface area (Å²) < 4.78 is 0. The van der Waals surface area contributed by atoms with Gasteiger partial charge in [0.15, 0.2) is 0 Å². The second-order valence-corrected chi connectivity index (χ2v) is 4.95. The number of pyridine rings is 1. The van der Waals surface area contributed by atoms with Crippen LogP contribution in [-0.4, -0.2) is 10.9 Å². The molecular weight excluding hydrogens is 188 g/mol. The Balaban J connectivity index is 2.64. The van der Waals surface area contributed by atoms with Gasteiger partial charge in [0.2, 0.25) is 5.91 Å². The smallest absolute Gasteiger partial charge is 0.226 e. The molecule has 3 heteroatoms. The van der Waals surface area contributed by atoms with E-state index in [4.69, 9.17) is 0 Å². The molecule has 1 rings (SSSR count). The minimum Gasteiger partial charge on any atom is -0.310 e. The van der Waals surface area contributed by atoms with Crippen LogP contribution in [0.3, 0.4) is 0 Å². The van der Waals surface area contributed by atoms with Crippen molar-refractivity contribution < 1.29 is 4.79 Å². The van der Waals surface area contributed by atoms with Gasteiger partial charge in [0.05, 0.1) is 0 Å². The zero-order valence-corrected chi connectivity index (χ0v) is 9.79. The molecule has 0 spiro atoms. The Morgan fingerprint density at radius 3 is 2.67 bits per heavy atom. The van der Waals surface area contributed by atoms with Crippen molar-refractivity contribution in [3.05, 3.63) is 23.9 Å². The van der Waals surface area contributed by atoms with E-state index in [-0.39, 0.29) is 11.3 Å². The summed E-state index contributed by atoms with van der Waals surface area (Å²) in [7, 11) is 0. The summed E-state index contributed by atoms with van der Waals surface area (Å²) >= 11 is 0. The minimum atomic E-state index is 0.00671. The van der Waals surface area contributed by atoms with E-state index in [0.717, 1.165) is 5.56 Å². The molecule has 0 fully saturated rings. The fourth-order valence-electron chi connectivity index (χ4n) is 1.27. The first-order valence-electron chi connectivity index (χ1n) is 5.10. The standard InChI is InChI=1S/C12H18N2O/c1-9-6-5-7-13-11(9)14-10(15)8-12(2,3)4/h5-7H,8H2,1-4H3,(H,13,14,15). The van der Waals surface area contributed by atoms with E-state index in [1.54, 1.807) is 6.20 Å². The van der Waals surface area contributed by atoms with Crippen molar-refractivity contribution in [1.82, 2.24) is 4.98 Å². The molecule has 82 valence electrons. The molecule has 1 N–H and O–H groups in total. The third kappa shape index (κ3) is 4.11. The van der Waals surface area contributed by atoms with E-state index in [1.165, 1.54) is 0 Å². The van der Waals surface area contributed by atoms with Crippen LogP contribution in [-0.2, 0) is 4.79 Å². The second kappa shape index (κ2) is 4.43. The van der Waals surface area contributed by atoms with Gasteiger partial charge in [-0.1, -0.05) is 26.8 Å². The molecule has 0 saturated heterocycles. The molecule has 1 amide bonds. The highest BCUT2D eigenvalue weighted by Gasteiger charge is 2.16. The highest BCUT2D eigenvalue weighted by atomic mass is 16.1. The monoisotopic (exact) mass is 206 g/mol. The van der Waals surface area contributed by atoms with Crippen LogP contribution < -0.4 is 5.32 Å². The molecule has 0 aliphatic rings. The van der Waals surface area contributed by atoms with Crippen LogP contribution >= 0.6 is 0 Å². The maximum Gasteiger partial charge on any atom is 0.226 e. The number of nitrogens with one attached hydrogen (secondary N) is 1. The van der Waals surface area contributed by atoms with Crippen LogP contribution in [0.1, 0.15) is 32.8 Å². The molecule has 0 atom stereocenters. The highest BCUT2D eigenvalue weighted by Crippen LogP contribution is 2.19. The number of carbonyl (C=O) groups excluding carboxylic acids is 1. The van der Waals surface area contributed by atoms with Crippen LogP contribution in [0.2, 0.25) is 0 Å². The number of rotatable bonds is 2. The number of aryl methyl sites for hydroxylation is 1. The SMILES string of the molecule is Cc1cccnc1NC(=O)CC(C)(C)C. The van der Waals surface area contributed by atoms with Crippen molar-refractivity contribution in [3.8, 4) is 0 Å². The lowest BCUT2D eigenvalue weighted by Gasteiger charge is -2.17. The van der Waals surface area contributed by atoms with E-state index >= 15 is 0 Å². The summed E-state index contributed by atoms with van der Waals surface area (Å²) in [6, 6.07) is 3.79. The third-order valence-corrected chi connectivity index (χ3v) is 1.96. The van der Waals surface area contributed by atoms with Crippen molar-refractivity contribution in [2.24, 2.45) is 5.41 Å². The number of carbonyl (C=O) groups is 1. The quantitative estimate of drug-likeness (QED) is 0.808. The van der Waals surface area contributed by atoms with Gasteiger partial charge in [0, 0.05) is 12.6 Å². The van der Waals surface area contributed by atoms with Gasteiger partial charge < -0.3 is 5.32 Å². The van der Waals surface area contributed by atoms with E-state index in [1.807, 2.05) is 39.8 Å². The predicted octanol–water partition coefficient (Wildman–Crippen LogP) is 2.76. The molecule has 0 radical (unpaired) electrons. The molecule has 0 aliphatic heterocycles. The third-order valence-electron chi connectivity index (χ3n) is 1.96. The number of nitrogens with zero attached hydrogens (tertiary/aromatic N) is 1. The summed E-state index contributed by atoms with van der Waals surface area (Å²) in [5, 5.41) is 2.82. The van der Waals surface area contributed by atoms with E-state index < -0.39 is 0 Å². The Hall–Kier alpha value is -1.38. The molecule has 1 heterocycles. The van der Waals surface area contributed by atoms with Crippen molar-refractivity contribution in [3.63, 3.8) is 0 Å². The van der Waals surface area contributed by atoms with E-state index in [2.05, 4.69) is 10.3 Å². The maximum atomic E-state index is 11.6. The fourth-order valence-corrected chi connectivity index (χ4v) is 1.27. The van der Waals surface area contributed by atoms with Gasteiger partial charge in [-0.15, -0.1) is 0 Å². The first-order valence-corrected chi connectivity index (χ1v) is 5.10. The zero-order chi connectivity index (χ0) is 11.5. The van der Waals surface area contributed by atoms with Crippen LogP contribution in [0, 0.1) is 12.3 Å². The van der Waals surface area contributed by atoms with Crippen molar-refractivity contribution in [1.29, 1.82) is 0 Å². The lowest BCUT2D eigenvalue weighted by atomic mass is 9.92. The van der Waals surface area contributed by atoms with Crippen molar-refractivity contribution in [2.45, 2.75) is 34.1 Å². The summed E-state index contributed by atoms with van der Waals surface area (Å²) in [5.41, 5.74) is 0.993. The molecule has 0 saturated carbocycles. The average molecular weight is 206 g/mol. The Morgan fingerprint density at radius 1 is 1.47 bits per heavy atom. The van der Waals surface area contributed by atoms with Gasteiger partial charge >= 0.3 is 0 Å². The first kappa shape index (κ1) is 11.7. The summed E-state index contributed by atoms with van der Waals surface area (Å²) in [5.74, 6) is 0.677. The Bertz CT molecular complexity index is 353. The molecule has 0 aliphatic carbocycles. The Labute approximate surface area is 90.9 Å². The van der Waals surface area contributed by atoms with Gasteiger partial charge in [-0.25, -0.2) is 4.98 Å². The topological polar surface area (TPSA) is 42.0 Å². The van der Waals surface area contributed by atoms with Gasteiger partial charge in [0.25, 0.3) is 0 Å². The molecule has 0 unspecified atom stereocenters. The maximum absolute atomic E-state index is 11.6. The van der Waals surface area contributed by atoms with Crippen LogP contribution in [0.25, 0.3) is 0 Å². The fraction of sp³-hybridized carbons (Fsp3) is 0.500. The molecule has 1 aromatic heterocycles. The Morgan fingerprint density at radius 2 is 2.13 bits per heavy atom. The molecule has 15 heavy (non-hydrogen) atoms. The minimum absolute atomic E-state index is 0.00671. The Kier molecular flexibility index (Phi) is 3.45. The first-order chi connectivity index (χ1) is 6.88. The number of hydrogen-bond acceptors (Lipinski definition) is 2. The average Bonchev–Trinajstić information content (AvgIpc) is 2.05. The number of amides is 1. The molecule has 0 aromatic carbocycles. The van der Waals surface area contributed by atoms with Gasteiger partial charge in [-0.3, -0.25) is 4.79 Å². The largest absolute Gasteiger partial charge is 0.310 e. The lowest BCUT2D eigenvalue weighted by molar-refractivity contribution is -0.117. The summed E-state index contributed by atoms with van der Waals surface area (Å²) in [4.78, 5) is 15.7. The van der Waals surface area contributed by atoms with Crippen LogP contribution in [0.4, 0.5) is 5.82 Å². The van der Waals surface area contributed by atoms with Crippen LogP contribution in [0.15, 0.2) is 18.3 Å². The molecule has 0 bridgehead atoms. The van der Waals surface area contributed by atoms with Crippen LogP contribution in [0.5, 0.6) is 0 Å². The highest BCUT2D eigenvalue weighted by molar-refractivity contribution is 5.90. The van der Waals surface area contributed by atoms with E-state index in [9.17, 15) is 4.79 Å². The second-order valence-electron chi connectivity index (χ2n) is 4.95. The molecular formula is C12H18N2O. The molecule has 1 aromatic rings.